The van der Waals surface area contributed by atoms with Gasteiger partial charge in [0.15, 0.2) is 11.5 Å². The molecule has 0 unspecified atom stereocenters. The maximum Gasteiger partial charge on any atom is 0.416 e. The molecule has 4 nitrogen and oxygen atoms in total. The minimum absolute atomic E-state index is 0. The fraction of sp³-hybridized carbons (Fsp3) is 0.250. The highest BCUT2D eigenvalue weighted by Crippen LogP contribution is 2.45. The number of hydrogen-bond donors (Lipinski definition) is 1. The largest absolute Gasteiger partial charge is 0.486 e. The molecule has 0 aromatic heterocycles. The first-order valence-corrected chi connectivity index (χ1v) is 6.90. The highest BCUT2D eigenvalue weighted by molar-refractivity contribution is 5.85. The third kappa shape index (κ3) is 3.46. The molecule has 2 aromatic carbocycles. The summed E-state index contributed by atoms with van der Waals surface area (Å²) in [6.07, 6.45) is -4.43. The maximum atomic E-state index is 12.8. The summed E-state index contributed by atoms with van der Waals surface area (Å²) in [6, 6.07) is 6.17. The van der Waals surface area contributed by atoms with Gasteiger partial charge in [-0.2, -0.15) is 13.2 Å². The Bertz CT molecular complexity index is 750. The van der Waals surface area contributed by atoms with Crippen LogP contribution in [0, 0.1) is 6.92 Å². The van der Waals surface area contributed by atoms with Crippen LogP contribution >= 0.6 is 12.4 Å². The molecule has 24 heavy (non-hydrogen) atoms. The van der Waals surface area contributed by atoms with Crippen LogP contribution in [0.15, 0.2) is 30.3 Å². The number of rotatable bonds is 2. The van der Waals surface area contributed by atoms with E-state index < -0.39 is 11.7 Å². The first kappa shape index (κ1) is 18.1. The lowest BCUT2D eigenvalue weighted by molar-refractivity contribution is -0.137. The fourth-order valence-corrected chi connectivity index (χ4v) is 2.31. The van der Waals surface area contributed by atoms with Crippen molar-refractivity contribution in [2.75, 3.05) is 18.9 Å². The second kappa shape index (κ2) is 6.68. The zero-order valence-corrected chi connectivity index (χ0v) is 13.5. The number of ether oxygens (including phenoxy) is 3. The average molecular weight is 362 g/mol. The Balaban J connectivity index is 0.00000208. The smallest absolute Gasteiger partial charge is 0.416 e. The van der Waals surface area contributed by atoms with E-state index in [1.54, 1.807) is 6.92 Å². The van der Waals surface area contributed by atoms with Crippen molar-refractivity contribution in [3.05, 3.63) is 41.5 Å². The molecule has 2 aromatic rings. The minimum Gasteiger partial charge on any atom is -0.486 e. The van der Waals surface area contributed by atoms with Crippen molar-refractivity contribution in [2.24, 2.45) is 0 Å². The number of halogens is 4. The molecule has 0 bridgehead atoms. The van der Waals surface area contributed by atoms with Crippen LogP contribution in [0.3, 0.4) is 0 Å². The quantitative estimate of drug-likeness (QED) is 0.795. The molecule has 1 aliphatic rings. The van der Waals surface area contributed by atoms with Crippen LogP contribution in [0.5, 0.6) is 23.0 Å². The van der Waals surface area contributed by atoms with E-state index in [9.17, 15) is 13.2 Å². The Kier molecular flexibility index (Phi) is 5.03. The Morgan fingerprint density at radius 3 is 2.42 bits per heavy atom. The molecule has 0 spiro atoms. The standard InChI is InChI=1S/C16H14F3NO3.ClH/c1-9-13(8-12(20)15-14(9)21-5-6-22-15)23-11-4-2-3-10(7-11)16(17,18)19;/h2-4,7-8H,5-6,20H2,1H3;1H. The van der Waals surface area contributed by atoms with Gasteiger partial charge < -0.3 is 19.9 Å². The van der Waals surface area contributed by atoms with E-state index in [-0.39, 0.29) is 18.2 Å². The summed E-state index contributed by atoms with van der Waals surface area (Å²) in [5.41, 5.74) is 6.05. The molecule has 0 amide bonds. The van der Waals surface area contributed by atoms with Gasteiger partial charge in [-0.3, -0.25) is 0 Å². The molecular weight excluding hydrogens is 347 g/mol. The molecule has 1 heterocycles. The van der Waals surface area contributed by atoms with Gasteiger partial charge in [-0.15, -0.1) is 12.4 Å². The SMILES string of the molecule is Cc1c(Oc2cccc(C(F)(F)F)c2)cc(N)c2c1OCCO2.Cl. The molecule has 0 aliphatic carbocycles. The second-order valence-corrected chi connectivity index (χ2v) is 5.07. The van der Waals surface area contributed by atoms with E-state index >= 15 is 0 Å². The van der Waals surface area contributed by atoms with E-state index in [0.29, 0.717) is 41.7 Å². The third-order valence-electron chi connectivity index (χ3n) is 3.43. The molecular formula is C16H15ClF3NO3. The molecule has 130 valence electrons. The van der Waals surface area contributed by atoms with Crippen molar-refractivity contribution in [1.29, 1.82) is 0 Å². The molecule has 0 saturated heterocycles. The molecule has 8 heteroatoms. The van der Waals surface area contributed by atoms with Crippen molar-refractivity contribution >= 4 is 18.1 Å². The minimum atomic E-state index is -4.43. The third-order valence-corrected chi connectivity index (χ3v) is 3.43. The second-order valence-electron chi connectivity index (χ2n) is 5.07. The van der Waals surface area contributed by atoms with Gasteiger partial charge in [0.1, 0.15) is 24.7 Å². The first-order chi connectivity index (χ1) is 10.9. The fourth-order valence-electron chi connectivity index (χ4n) is 2.31. The van der Waals surface area contributed by atoms with E-state index in [2.05, 4.69) is 0 Å². The maximum absolute atomic E-state index is 12.8. The lowest BCUT2D eigenvalue weighted by atomic mass is 10.1. The van der Waals surface area contributed by atoms with Gasteiger partial charge in [0.05, 0.1) is 11.3 Å². The number of benzene rings is 2. The molecule has 0 fully saturated rings. The van der Waals surface area contributed by atoms with Gasteiger partial charge in [0.2, 0.25) is 0 Å². The Labute approximate surface area is 142 Å². The monoisotopic (exact) mass is 361 g/mol. The Morgan fingerprint density at radius 1 is 1.08 bits per heavy atom. The molecule has 0 radical (unpaired) electrons. The summed E-state index contributed by atoms with van der Waals surface area (Å²) in [5.74, 6) is 1.29. The van der Waals surface area contributed by atoms with Gasteiger partial charge in [0, 0.05) is 11.6 Å². The zero-order valence-electron chi connectivity index (χ0n) is 12.6. The summed E-state index contributed by atoms with van der Waals surface area (Å²) in [5, 5.41) is 0. The number of fused-ring (bicyclic) bond motifs is 1. The molecule has 3 rings (SSSR count). The highest BCUT2D eigenvalue weighted by atomic mass is 35.5. The van der Waals surface area contributed by atoms with Gasteiger partial charge >= 0.3 is 6.18 Å². The van der Waals surface area contributed by atoms with Crippen molar-refractivity contribution in [3.8, 4) is 23.0 Å². The van der Waals surface area contributed by atoms with E-state index in [1.807, 2.05) is 0 Å². The first-order valence-electron chi connectivity index (χ1n) is 6.90. The van der Waals surface area contributed by atoms with Gasteiger partial charge in [-0.1, -0.05) is 6.07 Å². The van der Waals surface area contributed by atoms with Crippen LogP contribution < -0.4 is 19.9 Å². The van der Waals surface area contributed by atoms with Crippen LogP contribution in [0.1, 0.15) is 11.1 Å². The van der Waals surface area contributed by atoms with Crippen molar-refractivity contribution in [1.82, 2.24) is 0 Å². The zero-order chi connectivity index (χ0) is 16.6. The van der Waals surface area contributed by atoms with Crippen molar-refractivity contribution in [3.63, 3.8) is 0 Å². The number of hydrogen-bond acceptors (Lipinski definition) is 4. The normalized spacial score (nSPS) is 13.2. The summed E-state index contributed by atoms with van der Waals surface area (Å²) in [4.78, 5) is 0. The lowest BCUT2D eigenvalue weighted by Crippen LogP contribution is -2.17. The van der Waals surface area contributed by atoms with Gasteiger partial charge in [0.25, 0.3) is 0 Å². The predicted molar refractivity (Wildman–Crippen MR) is 85.3 cm³/mol. The molecule has 1 aliphatic heterocycles. The highest BCUT2D eigenvalue weighted by Gasteiger charge is 2.30. The van der Waals surface area contributed by atoms with E-state index in [1.165, 1.54) is 18.2 Å². The summed E-state index contributed by atoms with van der Waals surface area (Å²) in [6.45, 7) is 2.50. The topological polar surface area (TPSA) is 53.7 Å². The predicted octanol–water partition coefficient (Wildman–Crippen LogP) is 4.58. The van der Waals surface area contributed by atoms with Crippen LogP contribution in [0.4, 0.5) is 18.9 Å². The molecule has 2 N–H and O–H groups in total. The average Bonchev–Trinajstić information content (AvgIpc) is 2.52. The van der Waals surface area contributed by atoms with Gasteiger partial charge in [-0.25, -0.2) is 0 Å². The Hall–Kier alpha value is -2.28. The van der Waals surface area contributed by atoms with Crippen LogP contribution in [-0.4, -0.2) is 13.2 Å². The van der Waals surface area contributed by atoms with E-state index in [4.69, 9.17) is 19.9 Å². The van der Waals surface area contributed by atoms with Gasteiger partial charge in [-0.05, 0) is 25.1 Å². The Morgan fingerprint density at radius 2 is 1.75 bits per heavy atom. The summed E-state index contributed by atoms with van der Waals surface area (Å²) in [7, 11) is 0. The number of anilines is 1. The summed E-state index contributed by atoms with van der Waals surface area (Å²) >= 11 is 0. The number of nitrogen functional groups attached to an aromatic ring is 1. The number of alkyl halides is 3. The van der Waals surface area contributed by atoms with Crippen LogP contribution in [0.25, 0.3) is 0 Å². The molecule has 0 atom stereocenters. The van der Waals surface area contributed by atoms with Crippen molar-refractivity contribution < 1.29 is 27.4 Å². The van der Waals surface area contributed by atoms with E-state index in [0.717, 1.165) is 12.1 Å². The van der Waals surface area contributed by atoms with Crippen molar-refractivity contribution in [2.45, 2.75) is 13.1 Å². The summed E-state index contributed by atoms with van der Waals surface area (Å²) < 4.78 is 54.8. The van der Waals surface area contributed by atoms with Crippen LogP contribution in [-0.2, 0) is 6.18 Å². The van der Waals surface area contributed by atoms with Crippen LogP contribution in [0.2, 0.25) is 0 Å². The molecule has 0 saturated carbocycles. The lowest BCUT2D eigenvalue weighted by Gasteiger charge is -2.23. The number of nitrogens with two attached hydrogens (primary N) is 1.